The van der Waals surface area contributed by atoms with Crippen molar-refractivity contribution in [1.82, 2.24) is 10.1 Å². The van der Waals surface area contributed by atoms with Gasteiger partial charge in [-0.15, -0.1) is 0 Å². The van der Waals surface area contributed by atoms with Crippen LogP contribution in [0.25, 0.3) is 0 Å². The summed E-state index contributed by atoms with van der Waals surface area (Å²) >= 11 is 0. The number of aryl methyl sites for hydroxylation is 1. The molecule has 0 aliphatic carbocycles. The van der Waals surface area contributed by atoms with E-state index in [9.17, 15) is 9.90 Å². The van der Waals surface area contributed by atoms with Crippen LogP contribution < -0.4 is 0 Å². The molecule has 25 heavy (non-hydrogen) atoms. The lowest BCUT2D eigenvalue weighted by Gasteiger charge is -2.27. The van der Waals surface area contributed by atoms with Gasteiger partial charge in [0.1, 0.15) is 5.75 Å². The molecule has 0 aliphatic heterocycles. The number of aromatic nitrogens is 2. The molecule has 136 valence electrons. The van der Waals surface area contributed by atoms with Gasteiger partial charge in [-0.25, -0.2) is 4.79 Å². The Morgan fingerprint density at radius 2 is 1.64 bits per heavy atom. The maximum atomic E-state index is 12.5. The lowest BCUT2D eigenvalue weighted by atomic mass is 9.78. The van der Waals surface area contributed by atoms with Gasteiger partial charge in [-0.2, -0.15) is 4.98 Å². The second-order valence-electron chi connectivity index (χ2n) is 8.23. The Bertz CT molecular complexity index is 744. The van der Waals surface area contributed by atoms with Gasteiger partial charge in [-0.05, 0) is 29.9 Å². The van der Waals surface area contributed by atoms with Gasteiger partial charge >= 0.3 is 5.97 Å². The topological polar surface area (TPSA) is 85.5 Å². The Balaban J connectivity index is 2.37. The number of carbonyl (C=O) groups excluding carboxylic acids is 1. The van der Waals surface area contributed by atoms with Gasteiger partial charge in [0.15, 0.2) is 12.4 Å². The van der Waals surface area contributed by atoms with E-state index in [1.807, 2.05) is 41.5 Å². The Morgan fingerprint density at radius 3 is 2.04 bits per heavy atom. The van der Waals surface area contributed by atoms with E-state index in [4.69, 9.17) is 9.26 Å². The zero-order chi connectivity index (χ0) is 19.0. The van der Waals surface area contributed by atoms with Crippen molar-refractivity contribution in [3.8, 4) is 5.75 Å². The maximum absolute atomic E-state index is 12.5. The highest BCUT2D eigenvalue weighted by atomic mass is 16.6. The Kier molecular flexibility index (Phi) is 4.93. The van der Waals surface area contributed by atoms with Crippen molar-refractivity contribution in [1.29, 1.82) is 0 Å². The van der Waals surface area contributed by atoms with E-state index < -0.39 is 5.97 Å². The molecule has 0 atom stereocenters. The Hall–Kier alpha value is -2.37. The highest BCUT2D eigenvalue weighted by Gasteiger charge is 2.28. The third kappa shape index (κ3) is 4.38. The molecule has 2 aromatic rings. The highest BCUT2D eigenvalue weighted by Crippen LogP contribution is 2.39. The molecule has 0 saturated carbocycles. The number of hydrogen-bond donors (Lipinski definition) is 1. The summed E-state index contributed by atoms with van der Waals surface area (Å²) in [7, 11) is 0. The minimum absolute atomic E-state index is 0.0871. The van der Waals surface area contributed by atoms with Crippen LogP contribution in [0.15, 0.2) is 16.7 Å². The normalized spacial score (nSPS) is 12.3. The number of rotatable bonds is 3. The monoisotopic (exact) mass is 346 g/mol. The molecule has 0 bridgehead atoms. The molecule has 6 heteroatoms. The molecule has 0 spiro atoms. The fourth-order valence-electron chi connectivity index (χ4n) is 2.51. The minimum atomic E-state index is -0.494. The number of esters is 1. The molecule has 1 heterocycles. The van der Waals surface area contributed by atoms with Gasteiger partial charge in [0.05, 0.1) is 5.56 Å². The van der Waals surface area contributed by atoms with Crippen LogP contribution in [0, 0.1) is 6.92 Å². The third-order valence-corrected chi connectivity index (χ3v) is 3.86. The van der Waals surface area contributed by atoms with Crippen LogP contribution in [-0.2, 0) is 22.2 Å². The van der Waals surface area contributed by atoms with Crippen LogP contribution in [0.3, 0.4) is 0 Å². The van der Waals surface area contributed by atoms with Crippen molar-refractivity contribution in [2.45, 2.75) is 65.9 Å². The van der Waals surface area contributed by atoms with Crippen LogP contribution >= 0.6 is 0 Å². The third-order valence-electron chi connectivity index (χ3n) is 3.86. The average Bonchev–Trinajstić information content (AvgIpc) is 2.88. The summed E-state index contributed by atoms with van der Waals surface area (Å²) in [6, 6.07) is 3.37. The minimum Gasteiger partial charge on any atom is -0.507 e. The van der Waals surface area contributed by atoms with Gasteiger partial charge in [0.2, 0.25) is 0 Å². The predicted octanol–water partition coefficient (Wildman–Crippen LogP) is 4.04. The van der Waals surface area contributed by atoms with E-state index in [2.05, 4.69) is 10.1 Å². The second-order valence-corrected chi connectivity index (χ2v) is 8.23. The quantitative estimate of drug-likeness (QED) is 0.844. The molecule has 0 radical (unpaired) electrons. The summed E-state index contributed by atoms with van der Waals surface area (Å²) in [6.07, 6.45) is 0. The van der Waals surface area contributed by atoms with Crippen molar-refractivity contribution in [2.75, 3.05) is 0 Å². The molecule has 0 fully saturated rings. The van der Waals surface area contributed by atoms with E-state index in [0.29, 0.717) is 22.5 Å². The van der Waals surface area contributed by atoms with Crippen LogP contribution in [-0.4, -0.2) is 21.2 Å². The first-order valence-electron chi connectivity index (χ1n) is 8.24. The summed E-state index contributed by atoms with van der Waals surface area (Å²) in [6.45, 7) is 13.6. The first-order valence-corrected chi connectivity index (χ1v) is 8.24. The van der Waals surface area contributed by atoms with Crippen molar-refractivity contribution < 1.29 is 19.2 Å². The van der Waals surface area contributed by atoms with Gasteiger partial charge in [-0.1, -0.05) is 46.7 Å². The van der Waals surface area contributed by atoms with Gasteiger partial charge < -0.3 is 14.4 Å². The van der Waals surface area contributed by atoms with E-state index in [0.717, 1.165) is 0 Å². The summed E-state index contributed by atoms with van der Waals surface area (Å²) in [4.78, 5) is 16.5. The van der Waals surface area contributed by atoms with Crippen LogP contribution in [0.4, 0.5) is 0 Å². The van der Waals surface area contributed by atoms with E-state index in [1.165, 1.54) is 0 Å². The van der Waals surface area contributed by atoms with Crippen molar-refractivity contribution in [2.24, 2.45) is 0 Å². The number of ether oxygens (including phenoxy) is 1. The fourth-order valence-corrected chi connectivity index (χ4v) is 2.51. The molecule has 6 nitrogen and oxygen atoms in total. The number of aromatic hydroxyl groups is 1. The Morgan fingerprint density at radius 1 is 1.12 bits per heavy atom. The standard InChI is InChI=1S/C19H26N2O4/c1-11-20-15(25-21-11)10-24-17(23)12-8-13(18(2,3)4)16(22)14(9-12)19(5,6)7/h8-9,22H,10H2,1-7H3. The summed E-state index contributed by atoms with van der Waals surface area (Å²) in [5.41, 5.74) is 1.18. The largest absolute Gasteiger partial charge is 0.507 e. The van der Waals surface area contributed by atoms with E-state index in [-0.39, 0.29) is 29.1 Å². The zero-order valence-electron chi connectivity index (χ0n) is 15.9. The molecule has 0 amide bonds. The van der Waals surface area contributed by atoms with Gasteiger partial charge in [0.25, 0.3) is 5.89 Å². The van der Waals surface area contributed by atoms with Gasteiger partial charge in [-0.3, -0.25) is 0 Å². The lowest BCUT2D eigenvalue weighted by Crippen LogP contribution is -2.19. The number of benzene rings is 1. The molecule has 0 saturated heterocycles. The SMILES string of the molecule is Cc1noc(COC(=O)c2cc(C(C)(C)C)c(O)c(C(C)(C)C)c2)n1. The van der Waals surface area contributed by atoms with Crippen molar-refractivity contribution in [3.63, 3.8) is 0 Å². The van der Waals surface area contributed by atoms with Crippen LogP contribution in [0.1, 0.15) is 74.7 Å². The number of hydrogen-bond acceptors (Lipinski definition) is 6. The predicted molar refractivity (Wildman–Crippen MR) is 93.7 cm³/mol. The molecule has 1 N–H and O–H groups in total. The maximum Gasteiger partial charge on any atom is 0.338 e. The van der Waals surface area contributed by atoms with Crippen LogP contribution in [0.2, 0.25) is 0 Å². The smallest absolute Gasteiger partial charge is 0.338 e. The first kappa shape index (κ1) is 19.0. The first-order chi connectivity index (χ1) is 11.4. The molecular formula is C19H26N2O4. The molecule has 0 aliphatic rings. The molecule has 1 aromatic heterocycles. The average molecular weight is 346 g/mol. The summed E-state index contributed by atoms with van der Waals surface area (Å²) < 4.78 is 10.2. The highest BCUT2D eigenvalue weighted by molar-refractivity contribution is 5.90. The molecule has 1 aromatic carbocycles. The molecule has 0 unspecified atom stereocenters. The number of phenols is 1. The zero-order valence-corrected chi connectivity index (χ0v) is 15.9. The fraction of sp³-hybridized carbons (Fsp3) is 0.526. The lowest BCUT2D eigenvalue weighted by molar-refractivity contribution is 0.0429. The van der Waals surface area contributed by atoms with E-state index >= 15 is 0 Å². The number of phenolic OH excluding ortho intramolecular Hbond substituents is 1. The van der Waals surface area contributed by atoms with Crippen molar-refractivity contribution in [3.05, 3.63) is 40.5 Å². The second kappa shape index (κ2) is 6.50. The molecule has 2 rings (SSSR count). The Labute approximate surface area is 148 Å². The van der Waals surface area contributed by atoms with Gasteiger partial charge in [0, 0.05) is 11.1 Å². The summed E-state index contributed by atoms with van der Waals surface area (Å²) in [5, 5.41) is 14.4. The summed E-state index contributed by atoms with van der Waals surface area (Å²) in [5.74, 6) is 0.466. The number of carbonyl (C=O) groups is 1. The molecular weight excluding hydrogens is 320 g/mol. The van der Waals surface area contributed by atoms with E-state index in [1.54, 1.807) is 19.1 Å². The van der Waals surface area contributed by atoms with Crippen LogP contribution in [0.5, 0.6) is 5.75 Å². The van der Waals surface area contributed by atoms with Crippen molar-refractivity contribution >= 4 is 5.97 Å². The number of nitrogens with zero attached hydrogens (tertiary/aromatic N) is 2.